The number of aromatic nitrogens is 1. The average Bonchev–Trinajstić information content (AvgIpc) is 2.91. The van der Waals surface area contributed by atoms with Gasteiger partial charge in [-0.15, -0.1) is 0 Å². The maximum absolute atomic E-state index is 11.9. The van der Waals surface area contributed by atoms with Gasteiger partial charge in [0.25, 0.3) is 0 Å². The van der Waals surface area contributed by atoms with Gasteiger partial charge in [-0.3, -0.25) is 0 Å². The lowest BCUT2D eigenvalue weighted by molar-refractivity contribution is 0.0525. The van der Waals surface area contributed by atoms with Gasteiger partial charge in [0, 0.05) is 29.8 Å². The summed E-state index contributed by atoms with van der Waals surface area (Å²) in [5, 5.41) is 0. The predicted molar refractivity (Wildman–Crippen MR) is 82.7 cm³/mol. The number of esters is 1. The van der Waals surface area contributed by atoms with Crippen molar-refractivity contribution in [2.45, 2.75) is 40.5 Å². The second-order valence-corrected chi connectivity index (χ2v) is 5.87. The maximum Gasteiger partial charge on any atom is 0.339 e. The van der Waals surface area contributed by atoms with Crippen LogP contribution in [-0.4, -0.2) is 17.6 Å². The van der Waals surface area contributed by atoms with Crippen LogP contribution in [0.2, 0.25) is 0 Å². The lowest BCUT2D eigenvalue weighted by atomic mass is 9.89. The summed E-state index contributed by atoms with van der Waals surface area (Å²) in [4.78, 5) is 15.1. The molecule has 21 heavy (non-hydrogen) atoms. The molecular weight excluding hydrogens is 266 g/mol. The Hall–Kier alpha value is -1.97. The molecule has 0 unspecified atom stereocenters. The molecule has 0 atom stereocenters. The second kappa shape index (κ2) is 5.80. The van der Waals surface area contributed by atoms with Crippen LogP contribution >= 0.6 is 0 Å². The topological polar surface area (TPSA) is 51.3 Å². The molecule has 2 rings (SSSR count). The van der Waals surface area contributed by atoms with Crippen LogP contribution in [-0.2, 0) is 15.9 Å². The highest BCUT2D eigenvalue weighted by molar-refractivity contribution is 5.92. The number of hydrogen-bond donors (Lipinski definition) is 1. The lowest BCUT2D eigenvalue weighted by Gasteiger charge is -2.12. The van der Waals surface area contributed by atoms with Crippen molar-refractivity contribution in [3.63, 3.8) is 0 Å². The van der Waals surface area contributed by atoms with Crippen LogP contribution in [0.5, 0.6) is 0 Å². The molecule has 1 aromatic rings. The van der Waals surface area contributed by atoms with E-state index in [4.69, 9.17) is 9.47 Å². The van der Waals surface area contributed by atoms with E-state index in [1.165, 1.54) is 0 Å². The standard InChI is InChI=1S/C17H23NO3/c1-6-13-14(16(19)20-7-2)10-18-15(13)8-12-9-17(4,5)11(3)21-12/h8,10,18H,3,6-7,9H2,1-2,4-5H3. The van der Waals surface area contributed by atoms with Gasteiger partial charge in [0.2, 0.25) is 0 Å². The molecule has 1 saturated heterocycles. The number of H-pyrrole nitrogens is 1. The van der Waals surface area contributed by atoms with Crippen LogP contribution in [0.15, 0.2) is 24.3 Å². The fourth-order valence-corrected chi connectivity index (χ4v) is 2.48. The summed E-state index contributed by atoms with van der Waals surface area (Å²) in [6.45, 7) is 12.4. The second-order valence-electron chi connectivity index (χ2n) is 5.87. The van der Waals surface area contributed by atoms with Crippen LogP contribution in [0.25, 0.3) is 6.08 Å². The van der Waals surface area contributed by atoms with Gasteiger partial charge in [0.15, 0.2) is 0 Å². The third-order valence-electron chi connectivity index (χ3n) is 3.80. The van der Waals surface area contributed by atoms with E-state index in [0.29, 0.717) is 12.2 Å². The normalized spacial score (nSPS) is 18.9. The first-order valence-electron chi connectivity index (χ1n) is 7.34. The molecule has 0 radical (unpaired) electrons. The fraction of sp³-hybridized carbons (Fsp3) is 0.471. The summed E-state index contributed by atoms with van der Waals surface area (Å²) in [5.74, 6) is 1.37. The van der Waals surface area contributed by atoms with Gasteiger partial charge in [-0.05, 0) is 18.9 Å². The summed E-state index contributed by atoms with van der Waals surface area (Å²) in [6, 6.07) is 0. The largest absolute Gasteiger partial charge is 0.466 e. The zero-order valence-corrected chi connectivity index (χ0v) is 13.2. The predicted octanol–water partition coefficient (Wildman–Crippen LogP) is 4.05. The van der Waals surface area contributed by atoms with Gasteiger partial charge in [0.05, 0.1) is 12.2 Å². The Morgan fingerprint density at radius 2 is 2.24 bits per heavy atom. The number of hydrogen-bond acceptors (Lipinski definition) is 3. The maximum atomic E-state index is 11.9. The molecule has 0 spiro atoms. The molecular formula is C17H23NO3. The van der Waals surface area contributed by atoms with E-state index < -0.39 is 0 Å². The molecule has 1 fully saturated rings. The van der Waals surface area contributed by atoms with Crippen molar-refractivity contribution in [2.75, 3.05) is 6.61 Å². The molecule has 4 nitrogen and oxygen atoms in total. The molecule has 0 bridgehead atoms. The van der Waals surface area contributed by atoms with Crippen LogP contribution in [0, 0.1) is 5.41 Å². The zero-order valence-electron chi connectivity index (χ0n) is 13.2. The quantitative estimate of drug-likeness (QED) is 0.851. The van der Waals surface area contributed by atoms with Gasteiger partial charge in [-0.2, -0.15) is 0 Å². The van der Waals surface area contributed by atoms with Gasteiger partial charge >= 0.3 is 5.97 Å². The molecule has 0 amide bonds. The first-order valence-corrected chi connectivity index (χ1v) is 7.34. The van der Waals surface area contributed by atoms with Crippen LogP contribution < -0.4 is 0 Å². The molecule has 2 heterocycles. The van der Waals surface area contributed by atoms with E-state index in [1.807, 2.05) is 13.0 Å². The molecule has 1 aliphatic heterocycles. The van der Waals surface area contributed by atoms with E-state index in [9.17, 15) is 4.79 Å². The number of allylic oxidation sites excluding steroid dienone is 2. The number of ether oxygens (including phenoxy) is 2. The molecule has 114 valence electrons. The van der Waals surface area contributed by atoms with Crippen molar-refractivity contribution in [1.82, 2.24) is 4.98 Å². The van der Waals surface area contributed by atoms with Crippen LogP contribution in [0.3, 0.4) is 0 Å². The van der Waals surface area contributed by atoms with E-state index >= 15 is 0 Å². The van der Waals surface area contributed by atoms with Gasteiger partial charge in [-0.1, -0.05) is 27.4 Å². The van der Waals surface area contributed by atoms with E-state index in [0.717, 1.165) is 35.6 Å². The summed E-state index contributed by atoms with van der Waals surface area (Å²) in [5.41, 5.74) is 2.41. The molecule has 1 aromatic heterocycles. The minimum Gasteiger partial charge on any atom is -0.466 e. The molecule has 1 aliphatic rings. The van der Waals surface area contributed by atoms with E-state index in [-0.39, 0.29) is 11.4 Å². The molecule has 0 aliphatic carbocycles. The van der Waals surface area contributed by atoms with E-state index in [1.54, 1.807) is 13.1 Å². The minimum absolute atomic E-state index is 0.0468. The summed E-state index contributed by atoms with van der Waals surface area (Å²) < 4.78 is 10.8. The Bertz CT molecular complexity index is 593. The van der Waals surface area contributed by atoms with Crippen molar-refractivity contribution in [3.05, 3.63) is 41.1 Å². The van der Waals surface area contributed by atoms with Crippen molar-refractivity contribution in [3.8, 4) is 0 Å². The first-order chi connectivity index (χ1) is 9.89. The zero-order chi connectivity index (χ0) is 15.6. The smallest absolute Gasteiger partial charge is 0.339 e. The summed E-state index contributed by atoms with van der Waals surface area (Å²) in [6.07, 6.45) is 5.23. The molecule has 0 aromatic carbocycles. The monoisotopic (exact) mass is 289 g/mol. The van der Waals surface area contributed by atoms with Crippen LogP contribution in [0.1, 0.15) is 55.7 Å². The van der Waals surface area contributed by atoms with Crippen molar-refractivity contribution in [2.24, 2.45) is 5.41 Å². The molecule has 1 N–H and O–H groups in total. The Morgan fingerprint density at radius 3 is 2.76 bits per heavy atom. The van der Waals surface area contributed by atoms with Gasteiger partial charge in [0.1, 0.15) is 11.5 Å². The Balaban J connectivity index is 2.30. The van der Waals surface area contributed by atoms with Crippen molar-refractivity contribution in [1.29, 1.82) is 0 Å². The molecule has 0 saturated carbocycles. The van der Waals surface area contributed by atoms with Crippen molar-refractivity contribution < 1.29 is 14.3 Å². The van der Waals surface area contributed by atoms with Gasteiger partial charge in [-0.25, -0.2) is 4.79 Å². The molecule has 4 heteroatoms. The summed E-state index contributed by atoms with van der Waals surface area (Å²) >= 11 is 0. The minimum atomic E-state index is -0.285. The Kier molecular flexibility index (Phi) is 4.26. The highest BCUT2D eigenvalue weighted by atomic mass is 16.5. The lowest BCUT2D eigenvalue weighted by Crippen LogP contribution is -2.06. The highest BCUT2D eigenvalue weighted by Gasteiger charge is 2.33. The van der Waals surface area contributed by atoms with Crippen LogP contribution in [0.4, 0.5) is 0 Å². The number of carbonyl (C=O) groups is 1. The third kappa shape index (κ3) is 3.04. The number of carbonyl (C=O) groups excluding carboxylic acids is 1. The first kappa shape index (κ1) is 15.4. The SMILES string of the molecule is C=C1OC(=Cc2[nH]cc(C(=O)OCC)c2CC)CC1(C)C. The highest BCUT2D eigenvalue weighted by Crippen LogP contribution is 2.42. The average molecular weight is 289 g/mol. The fourth-order valence-electron chi connectivity index (χ4n) is 2.48. The Morgan fingerprint density at radius 1 is 1.52 bits per heavy atom. The number of nitrogens with one attached hydrogen (secondary N) is 1. The van der Waals surface area contributed by atoms with Gasteiger partial charge < -0.3 is 14.5 Å². The van der Waals surface area contributed by atoms with E-state index in [2.05, 4.69) is 25.4 Å². The summed E-state index contributed by atoms with van der Waals surface area (Å²) in [7, 11) is 0. The Labute approximate surface area is 125 Å². The van der Waals surface area contributed by atoms with Crippen molar-refractivity contribution >= 4 is 12.0 Å². The third-order valence-corrected chi connectivity index (χ3v) is 3.80. The number of rotatable bonds is 4. The number of aromatic amines is 1.